The monoisotopic (exact) mass is 337 g/mol. The molecular weight excluding hydrogens is 318 g/mol. The van der Waals surface area contributed by atoms with Crippen molar-refractivity contribution >= 4 is 12.1 Å². The van der Waals surface area contributed by atoms with Gasteiger partial charge in [0.05, 0.1) is 6.54 Å². The van der Waals surface area contributed by atoms with E-state index in [2.05, 4.69) is 17.2 Å². The molecule has 5 heteroatoms. The van der Waals surface area contributed by atoms with Gasteiger partial charge in [-0.15, -0.1) is 0 Å². The summed E-state index contributed by atoms with van der Waals surface area (Å²) in [5, 5.41) is 11.2. The molecule has 0 saturated heterocycles. The summed E-state index contributed by atoms with van der Waals surface area (Å²) in [7, 11) is 0. The summed E-state index contributed by atoms with van der Waals surface area (Å²) in [5.41, 5.74) is 2.68. The topological polar surface area (TPSA) is 75.6 Å². The number of aryl methyl sites for hydroxylation is 1. The molecule has 0 saturated carbocycles. The molecule has 0 aliphatic carbocycles. The van der Waals surface area contributed by atoms with Gasteiger partial charge in [-0.2, -0.15) is 0 Å². The van der Waals surface area contributed by atoms with Gasteiger partial charge in [-0.3, -0.25) is 4.79 Å². The highest BCUT2D eigenvalue weighted by Crippen LogP contribution is 2.06. The van der Waals surface area contributed by atoms with Crippen LogP contribution < -0.4 is 5.32 Å². The maximum absolute atomic E-state index is 11.6. The Morgan fingerprint density at radius 3 is 2.40 bits per heavy atom. The van der Waals surface area contributed by atoms with Crippen molar-refractivity contribution in [3.63, 3.8) is 0 Å². The molecule has 0 aliphatic rings. The summed E-state index contributed by atoms with van der Waals surface area (Å²) < 4.78 is 5.08. The van der Waals surface area contributed by atoms with E-state index in [0.717, 1.165) is 16.7 Å². The van der Waals surface area contributed by atoms with Crippen LogP contribution in [0.5, 0.6) is 0 Å². The number of rotatable bonds is 6. The molecule has 0 bridgehead atoms. The quantitative estimate of drug-likeness (QED) is 0.795. The van der Waals surface area contributed by atoms with Crippen molar-refractivity contribution in [3.8, 4) is 11.8 Å². The standard InChI is InChI=1S/C20H19NO4/c22-19(23)13-12-17-10-8-16(9-11-17)7-4-14-21-20(24)25-15-18-5-2-1-3-6-18/h1-3,5-6,8-11H,12-15H2,(H,21,24)(H,22,23). The van der Waals surface area contributed by atoms with E-state index in [0.29, 0.717) is 6.42 Å². The molecule has 0 spiro atoms. The highest BCUT2D eigenvalue weighted by molar-refractivity contribution is 5.67. The van der Waals surface area contributed by atoms with E-state index in [-0.39, 0.29) is 19.6 Å². The first-order chi connectivity index (χ1) is 12.1. The predicted molar refractivity (Wildman–Crippen MR) is 93.9 cm³/mol. The summed E-state index contributed by atoms with van der Waals surface area (Å²) in [5.74, 6) is 4.96. The van der Waals surface area contributed by atoms with Crippen LogP contribution in [0.15, 0.2) is 54.6 Å². The Kier molecular flexibility index (Phi) is 7.08. The van der Waals surface area contributed by atoms with Crippen molar-refractivity contribution < 1.29 is 19.4 Å². The van der Waals surface area contributed by atoms with Crippen LogP contribution in [-0.4, -0.2) is 23.7 Å². The maximum atomic E-state index is 11.6. The lowest BCUT2D eigenvalue weighted by molar-refractivity contribution is -0.136. The molecule has 2 aromatic rings. The molecule has 0 atom stereocenters. The number of carboxylic acid groups (broad SMARTS) is 1. The number of alkyl carbamates (subject to hydrolysis) is 1. The number of nitrogens with one attached hydrogen (secondary N) is 1. The van der Waals surface area contributed by atoms with Crippen LogP contribution in [0.3, 0.4) is 0 Å². The van der Waals surface area contributed by atoms with Crippen LogP contribution >= 0.6 is 0 Å². The van der Waals surface area contributed by atoms with E-state index in [4.69, 9.17) is 9.84 Å². The normalized spacial score (nSPS) is 9.60. The Morgan fingerprint density at radius 1 is 1.00 bits per heavy atom. The molecule has 2 aromatic carbocycles. The Morgan fingerprint density at radius 2 is 1.72 bits per heavy atom. The van der Waals surface area contributed by atoms with Crippen LogP contribution in [0, 0.1) is 11.8 Å². The summed E-state index contributed by atoms with van der Waals surface area (Å²) in [6, 6.07) is 16.8. The zero-order chi connectivity index (χ0) is 17.9. The fourth-order valence-corrected chi connectivity index (χ4v) is 2.04. The molecule has 0 aliphatic heterocycles. The number of carbonyl (C=O) groups excluding carboxylic acids is 1. The first kappa shape index (κ1) is 18.1. The van der Waals surface area contributed by atoms with E-state index < -0.39 is 12.1 Å². The van der Waals surface area contributed by atoms with Crippen LogP contribution in [0.2, 0.25) is 0 Å². The molecule has 0 fully saturated rings. The Labute approximate surface area is 146 Å². The van der Waals surface area contributed by atoms with E-state index in [1.165, 1.54) is 0 Å². The van der Waals surface area contributed by atoms with E-state index in [1.54, 1.807) is 0 Å². The van der Waals surface area contributed by atoms with E-state index in [1.807, 2.05) is 54.6 Å². The molecule has 0 unspecified atom stereocenters. The van der Waals surface area contributed by atoms with Gasteiger partial charge in [0.25, 0.3) is 0 Å². The number of carbonyl (C=O) groups is 2. The smallest absolute Gasteiger partial charge is 0.408 e. The molecule has 2 N–H and O–H groups in total. The summed E-state index contributed by atoms with van der Waals surface area (Å²) in [6.07, 6.45) is 0.0971. The molecule has 128 valence electrons. The summed E-state index contributed by atoms with van der Waals surface area (Å²) in [6.45, 7) is 0.409. The van der Waals surface area contributed by atoms with Crippen molar-refractivity contribution in [2.45, 2.75) is 19.4 Å². The van der Waals surface area contributed by atoms with Crippen molar-refractivity contribution in [2.24, 2.45) is 0 Å². The van der Waals surface area contributed by atoms with Gasteiger partial charge in [-0.05, 0) is 29.7 Å². The molecule has 0 aromatic heterocycles. The highest BCUT2D eigenvalue weighted by atomic mass is 16.5. The van der Waals surface area contributed by atoms with Crippen LogP contribution in [0.4, 0.5) is 4.79 Å². The number of amides is 1. The maximum Gasteiger partial charge on any atom is 0.408 e. The van der Waals surface area contributed by atoms with E-state index in [9.17, 15) is 9.59 Å². The molecule has 1 amide bonds. The van der Waals surface area contributed by atoms with Gasteiger partial charge in [-0.1, -0.05) is 54.3 Å². The van der Waals surface area contributed by atoms with Crippen molar-refractivity contribution in [1.82, 2.24) is 5.32 Å². The Hall–Kier alpha value is -3.26. The number of hydrogen-bond donors (Lipinski definition) is 2. The minimum Gasteiger partial charge on any atom is -0.481 e. The zero-order valence-electron chi connectivity index (χ0n) is 13.7. The van der Waals surface area contributed by atoms with Gasteiger partial charge in [0, 0.05) is 12.0 Å². The lowest BCUT2D eigenvalue weighted by Crippen LogP contribution is -2.24. The van der Waals surface area contributed by atoms with Gasteiger partial charge in [0.1, 0.15) is 6.61 Å². The fourth-order valence-electron chi connectivity index (χ4n) is 2.04. The third-order valence-electron chi connectivity index (χ3n) is 3.35. The van der Waals surface area contributed by atoms with Crippen LogP contribution in [-0.2, 0) is 22.6 Å². The van der Waals surface area contributed by atoms with Crippen molar-refractivity contribution in [3.05, 3.63) is 71.3 Å². The number of hydrogen-bond acceptors (Lipinski definition) is 3. The Balaban J connectivity index is 1.71. The molecule has 0 radical (unpaired) electrons. The first-order valence-corrected chi connectivity index (χ1v) is 7.87. The highest BCUT2D eigenvalue weighted by Gasteiger charge is 2.00. The van der Waals surface area contributed by atoms with Crippen LogP contribution in [0.25, 0.3) is 0 Å². The van der Waals surface area contributed by atoms with Crippen molar-refractivity contribution in [1.29, 1.82) is 0 Å². The molecule has 2 rings (SSSR count). The average Bonchev–Trinajstić information content (AvgIpc) is 2.63. The van der Waals surface area contributed by atoms with Gasteiger partial charge >= 0.3 is 12.1 Å². The van der Waals surface area contributed by atoms with Crippen LogP contribution in [0.1, 0.15) is 23.1 Å². The van der Waals surface area contributed by atoms with Gasteiger partial charge in [-0.25, -0.2) is 4.79 Å². The molecule has 5 nitrogen and oxygen atoms in total. The first-order valence-electron chi connectivity index (χ1n) is 7.87. The fraction of sp³-hybridized carbons (Fsp3) is 0.200. The Bertz CT molecular complexity index is 758. The van der Waals surface area contributed by atoms with E-state index >= 15 is 0 Å². The average molecular weight is 337 g/mol. The second-order valence-electron chi connectivity index (χ2n) is 5.31. The lowest BCUT2D eigenvalue weighted by atomic mass is 10.1. The minimum absolute atomic E-state index is 0.111. The molecule has 25 heavy (non-hydrogen) atoms. The second-order valence-corrected chi connectivity index (χ2v) is 5.31. The second kappa shape index (κ2) is 9.78. The van der Waals surface area contributed by atoms with Gasteiger partial charge in [0.15, 0.2) is 0 Å². The summed E-state index contributed by atoms with van der Waals surface area (Å²) in [4.78, 5) is 22.1. The molecular formula is C20H19NO4. The van der Waals surface area contributed by atoms with Gasteiger partial charge < -0.3 is 15.2 Å². The number of benzene rings is 2. The third kappa shape index (κ3) is 7.23. The number of carboxylic acids is 1. The molecule has 0 heterocycles. The van der Waals surface area contributed by atoms with Gasteiger partial charge in [0.2, 0.25) is 0 Å². The lowest BCUT2D eigenvalue weighted by Gasteiger charge is -2.04. The summed E-state index contributed by atoms with van der Waals surface area (Å²) >= 11 is 0. The predicted octanol–water partition coefficient (Wildman–Crippen LogP) is 2.98. The largest absolute Gasteiger partial charge is 0.481 e. The number of aliphatic carboxylic acids is 1. The number of ether oxygens (including phenoxy) is 1. The SMILES string of the molecule is O=C(O)CCc1ccc(C#CCNC(=O)OCc2ccccc2)cc1. The zero-order valence-corrected chi connectivity index (χ0v) is 13.7. The third-order valence-corrected chi connectivity index (χ3v) is 3.35. The minimum atomic E-state index is -0.811. The van der Waals surface area contributed by atoms with Crippen molar-refractivity contribution in [2.75, 3.05) is 6.54 Å².